The number of carbonyl (C=O) groups excluding carboxylic acids is 1. The Morgan fingerprint density at radius 1 is 1.27 bits per heavy atom. The molecule has 1 amide bonds. The van der Waals surface area contributed by atoms with E-state index in [0.717, 1.165) is 6.42 Å². The minimum atomic E-state index is -5.00. The number of halogens is 3. The van der Waals surface area contributed by atoms with Crippen molar-refractivity contribution >= 4 is 11.6 Å². The van der Waals surface area contributed by atoms with E-state index in [2.05, 4.69) is 5.10 Å². The van der Waals surface area contributed by atoms with Gasteiger partial charge in [-0.15, -0.1) is 0 Å². The molecule has 1 aliphatic heterocycles. The molecule has 1 aromatic carbocycles. The van der Waals surface area contributed by atoms with E-state index in [0.29, 0.717) is 24.8 Å². The van der Waals surface area contributed by atoms with Gasteiger partial charge in [-0.2, -0.15) is 23.3 Å². The Labute approximate surface area is 149 Å². The fourth-order valence-electron chi connectivity index (χ4n) is 3.71. The van der Waals surface area contributed by atoms with E-state index in [1.807, 2.05) is 0 Å². The number of phenols is 1. The van der Waals surface area contributed by atoms with E-state index in [-0.39, 0.29) is 35.7 Å². The largest absolute Gasteiger partial charge is 0.508 e. The Hall–Kier alpha value is -2.09. The van der Waals surface area contributed by atoms with Crippen LogP contribution in [0.5, 0.6) is 5.75 Å². The smallest absolute Gasteiger partial charge is 0.439 e. The van der Waals surface area contributed by atoms with Crippen LogP contribution in [0.4, 0.5) is 13.2 Å². The first kappa shape index (κ1) is 18.7. The molecule has 1 aromatic rings. The molecule has 0 radical (unpaired) electrons. The first-order valence-electron chi connectivity index (χ1n) is 8.71. The van der Waals surface area contributed by atoms with Crippen LogP contribution in [0.2, 0.25) is 0 Å². The van der Waals surface area contributed by atoms with Crippen LogP contribution in [0, 0.1) is 5.92 Å². The molecular weight excluding hydrogens is 349 g/mol. The number of carbonyl (C=O) groups is 1. The Bertz CT molecular complexity index is 720. The monoisotopic (exact) mass is 370 g/mol. The van der Waals surface area contributed by atoms with E-state index >= 15 is 0 Å². The van der Waals surface area contributed by atoms with Crippen LogP contribution in [0.1, 0.15) is 44.1 Å². The van der Waals surface area contributed by atoms with E-state index < -0.39 is 23.7 Å². The molecule has 142 valence electrons. The van der Waals surface area contributed by atoms with Crippen LogP contribution in [0.25, 0.3) is 0 Å². The van der Waals surface area contributed by atoms with Crippen LogP contribution in [-0.4, -0.2) is 38.7 Å². The zero-order valence-electron chi connectivity index (χ0n) is 14.2. The van der Waals surface area contributed by atoms with Crippen molar-refractivity contribution in [3.8, 4) is 5.75 Å². The SMILES string of the molecule is O=C(CCc1ccccc1O)N1N=C2CCCCC[C@H]2[C@]1(O)C(F)(F)F. The summed E-state index contributed by atoms with van der Waals surface area (Å²) >= 11 is 0. The topological polar surface area (TPSA) is 73.1 Å². The van der Waals surface area contributed by atoms with Gasteiger partial charge in [-0.05, 0) is 37.3 Å². The minimum absolute atomic E-state index is 0.0238. The van der Waals surface area contributed by atoms with Gasteiger partial charge in [0.25, 0.3) is 5.72 Å². The van der Waals surface area contributed by atoms with Crippen LogP contribution in [0.15, 0.2) is 29.4 Å². The van der Waals surface area contributed by atoms with E-state index in [1.54, 1.807) is 18.2 Å². The lowest BCUT2D eigenvalue weighted by Gasteiger charge is -2.37. The number of para-hydroxylation sites is 1. The number of aryl methyl sites for hydroxylation is 1. The zero-order chi connectivity index (χ0) is 18.9. The van der Waals surface area contributed by atoms with Crippen molar-refractivity contribution in [3.63, 3.8) is 0 Å². The molecule has 1 fully saturated rings. The molecule has 3 rings (SSSR count). The maximum Gasteiger partial charge on any atom is 0.439 e. The maximum absolute atomic E-state index is 13.7. The Kier molecular flexibility index (Phi) is 4.96. The van der Waals surface area contributed by atoms with Crippen molar-refractivity contribution in [2.24, 2.45) is 11.0 Å². The van der Waals surface area contributed by atoms with Gasteiger partial charge in [0, 0.05) is 12.1 Å². The van der Waals surface area contributed by atoms with Gasteiger partial charge < -0.3 is 10.2 Å². The Morgan fingerprint density at radius 3 is 2.69 bits per heavy atom. The second kappa shape index (κ2) is 6.90. The summed E-state index contributed by atoms with van der Waals surface area (Å²) in [6, 6.07) is 6.32. The van der Waals surface area contributed by atoms with Crippen LogP contribution < -0.4 is 0 Å². The number of benzene rings is 1. The molecule has 0 bridgehead atoms. The summed E-state index contributed by atoms with van der Waals surface area (Å²) in [5.74, 6) is -2.14. The zero-order valence-corrected chi connectivity index (χ0v) is 14.2. The van der Waals surface area contributed by atoms with Crippen LogP contribution in [-0.2, 0) is 11.2 Å². The lowest BCUT2D eigenvalue weighted by molar-refractivity contribution is -0.316. The molecule has 0 aromatic heterocycles. The number of rotatable bonds is 3. The van der Waals surface area contributed by atoms with Crippen molar-refractivity contribution in [2.45, 2.75) is 56.8 Å². The quantitative estimate of drug-likeness (QED) is 0.857. The lowest BCUT2D eigenvalue weighted by atomic mass is 9.87. The number of hydrogen-bond donors (Lipinski definition) is 2. The fraction of sp³-hybridized carbons (Fsp3) is 0.556. The molecule has 1 aliphatic carbocycles. The Morgan fingerprint density at radius 2 is 2.00 bits per heavy atom. The number of alkyl halides is 3. The minimum Gasteiger partial charge on any atom is -0.508 e. The summed E-state index contributed by atoms with van der Waals surface area (Å²) in [6.07, 6.45) is -2.69. The third-order valence-corrected chi connectivity index (χ3v) is 5.12. The van der Waals surface area contributed by atoms with E-state index in [1.165, 1.54) is 6.07 Å². The molecule has 0 saturated heterocycles. The summed E-state index contributed by atoms with van der Waals surface area (Å²) in [6.45, 7) is 0. The maximum atomic E-state index is 13.7. The standard InChI is InChI=1S/C18H21F3N2O3/c19-18(20,21)17(26)13-7-2-1-3-8-14(13)22-23(17)16(25)11-10-12-6-4-5-9-15(12)24/h4-6,9,13,24,26H,1-3,7-8,10-11H2/t13-,17+/m1/s1. The lowest BCUT2D eigenvalue weighted by Crippen LogP contribution is -2.61. The highest BCUT2D eigenvalue weighted by Crippen LogP contribution is 2.47. The third-order valence-electron chi connectivity index (χ3n) is 5.12. The normalized spacial score (nSPS) is 26.2. The molecule has 0 unspecified atom stereocenters. The van der Waals surface area contributed by atoms with Gasteiger partial charge in [0.05, 0.1) is 5.92 Å². The second-order valence-electron chi connectivity index (χ2n) is 6.80. The van der Waals surface area contributed by atoms with Crippen molar-refractivity contribution in [3.05, 3.63) is 29.8 Å². The first-order chi connectivity index (χ1) is 12.2. The third kappa shape index (κ3) is 3.18. The number of phenolic OH excluding ortho intramolecular Hbond substituents is 1. The van der Waals surface area contributed by atoms with Crippen molar-refractivity contribution in [1.82, 2.24) is 5.01 Å². The number of amides is 1. The van der Waals surface area contributed by atoms with E-state index in [9.17, 15) is 28.2 Å². The number of aromatic hydroxyl groups is 1. The van der Waals surface area contributed by atoms with Gasteiger partial charge >= 0.3 is 6.18 Å². The summed E-state index contributed by atoms with van der Waals surface area (Å²) in [4.78, 5) is 12.5. The van der Waals surface area contributed by atoms with Gasteiger partial charge in [-0.3, -0.25) is 4.79 Å². The van der Waals surface area contributed by atoms with Gasteiger partial charge in [0.2, 0.25) is 5.91 Å². The summed E-state index contributed by atoms with van der Waals surface area (Å²) in [5.41, 5.74) is -2.58. The summed E-state index contributed by atoms with van der Waals surface area (Å²) < 4.78 is 41.2. The predicted octanol–water partition coefficient (Wildman–Crippen LogP) is 3.35. The number of fused-ring (bicyclic) bond motifs is 1. The fourth-order valence-corrected chi connectivity index (χ4v) is 3.71. The molecule has 2 N–H and O–H groups in total. The molecule has 1 saturated carbocycles. The molecule has 0 spiro atoms. The number of hydrogen-bond acceptors (Lipinski definition) is 4. The first-order valence-corrected chi connectivity index (χ1v) is 8.71. The summed E-state index contributed by atoms with van der Waals surface area (Å²) in [5, 5.41) is 24.4. The van der Waals surface area contributed by atoms with Crippen LogP contribution in [0.3, 0.4) is 0 Å². The van der Waals surface area contributed by atoms with Gasteiger partial charge in [0.1, 0.15) is 5.75 Å². The molecule has 5 nitrogen and oxygen atoms in total. The van der Waals surface area contributed by atoms with E-state index in [4.69, 9.17) is 0 Å². The predicted molar refractivity (Wildman–Crippen MR) is 88.3 cm³/mol. The average molecular weight is 370 g/mol. The Balaban J connectivity index is 1.84. The van der Waals surface area contributed by atoms with Crippen molar-refractivity contribution < 1.29 is 28.2 Å². The molecular formula is C18H21F3N2O3. The number of hydrazone groups is 1. The highest BCUT2D eigenvalue weighted by molar-refractivity contribution is 5.93. The highest BCUT2D eigenvalue weighted by atomic mass is 19.4. The van der Waals surface area contributed by atoms with Crippen molar-refractivity contribution in [1.29, 1.82) is 0 Å². The van der Waals surface area contributed by atoms with Gasteiger partial charge in [-0.25, -0.2) is 0 Å². The average Bonchev–Trinajstić information content (AvgIpc) is 2.73. The van der Waals surface area contributed by atoms with Gasteiger partial charge in [0.15, 0.2) is 0 Å². The molecule has 1 heterocycles. The number of aliphatic hydroxyl groups is 1. The molecule has 8 heteroatoms. The summed E-state index contributed by atoms with van der Waals surface area (Å²) in [7, 11) is 0. The molecule has 2 aliphatic rings. The van der Waals surface area contributed by atoms with Crippen molar-refractivity contribution in [2.75, 3.05) is 0 Å². The second-order valence-corrected chi connectivity index (χ2v) is 6.80. The van der Waals surface area contributed by atoms with Crippen LogP contribution >= 0.6 is 0 Å². The number of nitrogens with zero attached hydrogens (tertiary/aromatic N) is 2. The molecule has 26 heavy (non-hydrogen) atoms. The highest BCUT2D eigenvalue weighted by Gasteiger charge is 2.67. The molecule has 2 atom stereocenters. The van der Waals surface area contributed by atoms with Gasteiger partial charge in [-0.1, -0.05) is 31.0 Å².